The molecule has 188 valence electrons. The van der Waals surface area contributed by atoms with Gasteiger partial charge in [-0.3, -0.25) is 0 Å². The van der Waals surface area contributed by atoms with E-state index in [1.54, 1.807) is 24.3 Å². The highest BCUT2D eigenvalue weighted by molar-refractivity contribution is 5.69. The van der Waals surface area contributed by atoms with Crippen LogP contribution in [0.25, 0.3) is 11.1 Å². The topological polar surface area (TPSA) is 71.1 Å². The number of benzene rings is 4. The van der Waals surface area contributed by atoms with Crippen molar-refractivity contribution in [3.63, 3.8) is 0 Å². The lowest BCUT2D eigenvalue weighted by molar-refractivity contribution is 0.0439. The molecule has 4 aromatic rings. The molecule has 0 aliphatic rings. The Labute approximate surface area is 212 Å². The highest BCUT2D eigenvalue weighted by Gasteiger charge is 2.16. The number of hydrogen-bond donors (Lipinski definition) is 0. The molecule has 0 bridgehead atoms. The molecule has 0 atom stereocenters. The molecule has 6 nitrogen and oxygen atoms in total. The molecule has 0 unspecified atom stereocenters. The van der Waals surface area contributed by atoms with Crippen LogP contribution in [0.4, 0.5) is 18.4 Å². The summed E-state index contributed by atoms with van der Waals surface area (Å²) in [5, 5.41) is 0. The lowest BCUT2D eigenvalue weighted by Crippen LogP contribution is -2.13. The molecular formula is C29H22F2O6. The van der Waals surface area contributed by atoms with E-state index >= 15 is 0 Å². The number of hydrogen-bond acceptors (Lipinski definition) is 6. The van der Waals surface area contributed by atoms with Crippen LogP contribution in [-0.2, 0) is 34.0 Å². The van der Waals surface area contributed by atoms with E-state index in [2.05, 4.69) is 0 Å². The van der Waals surface area contributed by atoms with Crippen LogP contribution in [0, 0.1) is 11.6 Å². The minimum absolute atomic E-state index is 0.00378. The molecule has 0 saturated carbocycles. The Hall–Kier alpha value is -4.72. The first-order valence-corrected chi connectivity index (χ1v) is 11.3. The Morgan fingerprint density at radius 3 is 1.84 bits per heavy atom. The van der Waals surface area contributed by atoms with E-state index in [9.17, 15) is 18.4 Å². The van der Waals surface area contributed by atoms with Crippen molar-refractivity contribution in [3.8, 4) is 16.9 Å². The monoisotopic (exact) mass is 504 g/mol. The van der Waals surface area contributed by atoms with Gasteiger partial charge in [0.15, 0.2) is 0 Å². The van der Waals surface area contributed by atoms with E-state index < -0.39 is 23.9 Å². The Bertz CT molecular complexity index is 1360. The van der Waals surface area contributed by atoms with Crippen LogP contribution >= 0.6 is 0 Å². The molecule has 0 aliphatic carbocycles. The highest BCUT2D eigenvalue weighted by atomic mass is 19.1. The maximum Gasteiger partial charge on any atom is 0.514 e. The molecule has 0 radical (unpaired) electrons. The third kappa shape index (κ3) is 7.38. The van der Waals surface area contributed by atoms with Crippen molar-refractivity contribution in [2.75, 3.05) is 0 Å². The molecule has 37 heavy (non-hydrogen) atoms. The van der Waals surface area contributed by atoms with Gasteiger partial charge < -0.3 is 18.9 Å². The van der Waals surface area contributed by atoms with Crippen LogP contribution in [0.3, 0.4) is 0 Å². The number of ether oxygens (including phenoxy) is 4. The molecule has 4 rings (SSSR count). The molecule has 8 heteroatoms. The predicted molar refractivity (Wildman–Crippen MR) is 130 cm³/mol. The summed E-state index contributed by atoms with van der Waals surface area (Å²) in [5.41, 5.74) is 2.27. The van der Waals surface area contributed by atoms with Crippen molar-refractivity contribution in [1.29, 1.82) is 0 Å². The first kappa shape index (κ1) is 25.4. The van der Waals surface area contributed by atoms with Crippen LogP contribution in [0.5, 0.6) is 5.75 Å². The maximum atomic E-state index is 14.4. The van der Waals surface area contributed by atoms with Gasteiger partial charge >= 0.3 is 12.3 Å². The molecule has 0 amide bonds. The van der Waals surface area contributed by atoms with Gasteiger partial charge in [-0.1, -0.05) is 66.7 Å². The largest absolute Gasteiger partial charge is 0.514 e. The summed E-state index contributed by atoms with van der Waals surface area (Å²) in [6.45, 7) is -0.336. The highest BCUT2D eigenvalue weighted by Crippen LogP contribution is 2.30. The summed E-state index contributed by atoms with van der Waals surface area (Å²) in [7, 11) is 0. The van der Waals surface area contributed by atoms with Crippen LogP contribution in [0.2, 0.25) is 0 Å². The number of halogens is 2. The Balaban J connectivity index is 1.47. The average molecular weight is 504 g/mol. The number of carbonyl (C=O) groups excluding carboxylic acids is 2. The van der Waals surface area contributed by atoms with Gasteiger partial charge in [-0.15, -0.1) is 0 Å². The molecule has 0 fully saturated rings. The van der Waals surface area contributed by atoms with E-state index in [0.717, 1.165) is 23.3 Å². The summed E-state index contributed by atoms with van der Waals surface area (Å²) in [6, 6.07) is 25.6. The normalized spacial score (nSPS) is 10.4. The molecule has 0 aromatic heterocycles. The van der Waals surface area contributed by atoms with E-state index in [1.165, 1.54) is 24.3 Å². The zero-order valence-electron chi connectivity index (χ0n) is 19.6. The van der Waals surface area contributed by atoms with Gasteiger partial charge in [0.2, 0.25) is 0 Å². The van der Waals surface area contributed by atoms with E-state index in [1.807, 2.05) is 36.4 Å². The standard InChI is InChI=1S/C29H22F2O6/c30-24-12-13-25(26(31)16-24)22-11-14-27(37-29(33)35-18-21-9-5-2-6-10-21)23(15-22)19-36-28(32)34-17-20-7-3-1-4-8-20/h1-16H,17-19H2. The quantitative estimate of drug-likeness (QED) is 0.187. The van der Waals surface area contributed by atoms with Crippen molar-refractivity contribution in [2.24, 2.45) is 0 Å². The summed E-state index contributed by atoms with van der Waals surface area (Å²) in [5.74, 6) is -1.45. The molecule has 0 saturated heterocycles. The van der Waals surface area contributed by atoms with Gasteiger partial charge in [0.25, 0.3) is 0 Å². The van der Waals surface area contributed by atoms with Gasteiger partial charge in [-0.05, 0) is 41.0 Å². The first-order valence-electron chi connectivity index (χ1n) is 11.3. The fraction of sp³-hybridized carbons (Fsp3) is 0.103. The lowest BCUT2D eigenvalue weighted by atomic mass is 10.0. The van der Waals surface area contributed by atoms with Gasteiger partial charge in [-0.2, -0.15) is 0 Å². The molecule has 0 heterocycles. The smallest absolute Gasteiger partial charge is 0.429 e. The molecular weight excluding hydrogens is 482 g/mol. The van der Waals surface area contributed by atoms with E-state index in [0.29, 0.717) is 5.56 Å². The van der Waals surface area contributed by atoms with Gasteiger partial charge in [0.1, 0.15) is 37.2 Å². The maximum absolute atomic E-state index is 14.4. The van der Waals surface area contributed by atoms with E-state index in [4.69, 9.17) is 18.9 Å². The minimum Gasteiger partial charge on any atom is -0.429 e. The van der Waals surface area contributed by atoms with Crippen LogP contribution in [0.15, 0.2) is 97.1 Å². The van der Waals surface area contributed by atoms with Crippen LogP contribution < -0.4 is 4.74 Å². The third-order valence-corrected chi connectivity index (χ3v) is 5.24. The lowest BCUT2D eigenvalue weighted by Gasteiger charge is -2.13. The first-order chi connectivity index (χ1) is 18.0. The Morgan fingerprint density at radius 2 is 1.22 bits per heavy atom. The van der Waals surface area contributed by atoms with E-state index in [-0.39, 0.29) is 36.7 Å². The number of rotatable bonds is 8. The minimum atomic E-state index is -0.975. The zero-order chi connectivity index (χ0) is 26.0. The zero-order valence-corrected chi connectivity index (χ0v) is 19.6. The number of carbonyl (C=O) groups is 2. The summed E-state index contributed by atoms with van der Waals surface area (Å²) in [6.07, 6.45) is -1.92. The summed E-state index contributed by atoms with van der Waals surface area (Å²) < 4.78 is 48.5. The second-order valence-corrected chi connectivity index (χ2v) is 7.89. The third-order valence-electron chi connectivity index (χ3n) is 5.24. The molecule has 0 aliphatic heterocycles. The molecule has 0 spiro atoms. The van der Waals surface area contributed by atoms with Gasteiger partial charge in [0.05, 0.1) is 0 Å². The Kier molecular flexibility index (Phi) is 8.44. The van der Waals surface area contributed by atoms with Gasteiger partial charge in [-0.25, -0.2) is 18.4 Å². The van der Waals surface area contributed by atoms with Gasteiger partial charge in [0, 0.05) is 17.2 Å². The van der Waals surface area contributed by atoms with Crippen LogP contribution in [-0.4, -0.2) is 12.3 Å². The second-order valence-electron chi connectivity index (χ2n) is 7.89. The van der Waals surface area contributed by atoms with Crippen molar-refractivity contribution in [2.45, 2.75) is 19.8 Å². The molecule has 4 aromatic carbocycles. The summed E-state index contributed by atoms with van der Waals surface area (Å²) >= 11 is 0. The SMILES string of the molecule is O=C(OCc1ccccc1)OCc1cc(-c2ccc(F)cc2F)ccc1OC(=O)OCc1ccccc1. The average Bonchev–Trinajstić information content (AvgIpc) is 2.91. The molecule has 0 N–H and O–H groups in total. The Morgan fingerprint density at radius 1 is 0.622 bits per heavy atom. The predicted octanol–water partition coefficient (Wildman–Crippen LogP) is 7.20. The fourth-order valence-corrected chi connectivity index (χ4v) is 3.41. The second kappa shape index (κ2) is 12.3. The van der Waals surface area contributed by atoms with Crippen LogP contribution in [0.1, 0.15) is 16.7 Å². The van der Waals surface area contributed by atoms with Crippen molar-refractivity contribution in [3.05, 3.63) is 125 Å². The fourth-order valence-electron chi connectivity index (χ4n) is 3.41. The van der Waals surface area contributed by atoms with Crippen molar-refractivity contribution >= 4 is 12.3 Å². The summed E-state index contributed by atoms with van der Waals surface area (Å²) in [4.78, 5) is 24.5. The van der Waals surface area contributed by atoms with Crippen molar-refractivity contribution < 1.29 is 37.3 Å². The van der Waals surface area contributed by atoms with Crippen molar-refractivity contribution in [1.82, 2.24) is 0 Å².